The van der Waals surface area contributed by atoms with E-state index in [0.29, 0.717) is 19.4 Å². The summed E-state index contributed by atoms with van der Waals surface area (Å²) in [5.74, 6) is -0.974. The predicted molar refractivity (Wildman–Crippen MR) is 39.5 cm³/mol. The fourth-order valence-corrected chi connectivity index (χ4v) is 1.47. The summed E-state index contributed by atoms with van der Waals surface area (Å²) in [6, 6.07) is 0. The first-order valence-electron chi connectivity index (χ1n) is 3.87. The molecule has 1 aliphatic heterocycles. The molecule has 1 atom stereocenters. The van der Waals surface area contributed by atoms with E-state index in [0.717, 1.165) is 5.69 Å². The smallest absolute Gasteiger partial charge is 0.306 e. The summed E-state index contributed by atoms with van der Waals surface area (Å²) < 4.78 is 1.76. The van der Waals surface area contributed by atoms with Crippen LogP contribution in [0.5, 0.6) is 0 Å². The number of hydrogen-bond donors (Lipinski definition) is 1. The van der Waals surface area contributed by atoms with Crippen LogP contribution >= 0.6 is 0 Å². The Bertz CT molecular complexity index is 307. The van der Waals surface area contributed by atoms with Crippen LogP contribution in [0.1, 0.15) is 12.1 Å². The van der Waals surface area contributed by atoms with Gasteiger partial charge in [-0.2, -0.15) is 0 Å². The summed E-state index contributed by atoms with van der Waals surface area (Å²) in [5.41, 5.74) is 0.925. The van der Waals surface area contributed by atoms with Crippen molar-refractivity contribution < 1.29 is 9.90 Å². The van der Waals surface area contributed by atoms with Gasteiger partial charge >= 0.3 is 5.97 Å². The molecular formula is C7H9N3O2. The molecule has 2 rings (SSSR count). The van der Waals surface area contributed by atoms with E-state index < -0.39 is 5.97 Å². The van der Waals surface area contributed by atoms with Crippen LogP contribution in [-0.2, 0) is 17.8 Å². The molecule has 64 valence electrons. The van der Waals surface area contributed by atoms with Gasteiger partial charge in [0, 0.05) is 13.0 Å². The third-order valence-corrected chi connectivity index (χ3v) is 2.19. The van der Waals surface area contributed by atoms with Crippen LogP contribution in [0, 0.1) is 5.92 Å². The van der Waals surface area contributed by atoms with Crippen LogP contribution in [0.25, 0.3) is 0 Å². The third kappa shape index (κ3) is 1.07. The fraction of sp³-hybridized carbons (Fsp3) is 0.571. The number of carboxylic acid groups (broad SMARTS) is 1. The van der Waals surface area contributed by atoms with Crippen molar-refractivity contribution in [2.45, 2.75) is 19.4 Å². The highest BCUT2D eigenvalue weighted by Gasteiger charge is 2.24. The van der Waals surface area contributed by atoms with Crippen molar-refractivity contribution in [2.24, 2.45) is 5.92 Å². The molecule has 0 saturated heterocycles. The second-order valence-electron chi connectivity index (χ2n) is 2.98. The molecule has 0 saturated carbocycles. The van der Waals surface area contributed by atoms with Crippen LogP contribution in [-0.4, -0.2) is 26.1 Å². The number of rotatable bonds is 1. The van der Waals surface area contributed by atoms with E-state index >= 15 is 0 Å². The Labute approximate surface area is 69.0 Å². The maximum absolute atomic E-state index is 10.6. The van der Waals surface area contributed by atoms with Gasteiger partial charge in [-0.1, -0.05) is 5.21 Å². The molecule has 1 unspecified atom stereocenters. The summed E-state index contributed by atoms with van der Waals surface area (Å²) >= 11 is 0. The Morgan fingerprint density at radius 3 is 3.33 bits per heavy atom. The van der Waals surface area contributed by atoms with Crippen LogP contribution in [0.4, 0.5) is 0 Å². The van der Waals surface area contributed by atoms with Gasteiger partial charge in [0.2, 0.25) is 0 Å². The summed E-state index contributed by atoms with van der Waals surface area (Å²) in [4.78, 5) is 10.6. The van der Waals surface area contributed by atoms with Crippen LogP contribution in [0.15, 0.2) is 6.20 Å². The average molecular weight is 167 g/mol. The molecule has 1 aliphatic rings. The zero-order valence-electron chi connectivity index (χ0n) is 6.47. The number of carboxylic acids is 1. The Morgan fingerprint density at radius 2 is 2.58 bits per heavy atom. The van der Waals surface area contributed by atoms with Gasteiger partial charge in [0.25, 0.3) is 0 Å². The number of hydrogen-bond acceptors (Lipinski definition) is 3. The third-order valence-electron chi connectivity index (χ3n) is 2.19. The van der Waals surface area contributed by atoms with Gasteiger partial charge in [-0.3, -0.25) is 4.79 Å². The van der Waals surface area contributed by atoms with Gasteiger partial charge in [-0.25, -0.2) is 4.68 Å². The maximum Gasteiger partial charge on any atom is 0.306 e. The van der Waals surface area contributed by atoms with Crippen molar-refractivity contribution in [2.75, 3.05) is 0 Å². The highest BCUT2D eigenvalue weighted by molar-refractivity contribution is 5.70. The monoisotopic (exact) mass is 167 g/mol. The number of aryl methyl sites for hydroxylation is 1. The minimum atomic E-state index is -0.720. The summed E-state index contributed by atoms with van der Waals surface area (Å²) in [7, 11) is 0. The van der Waals surface area contributed by atoms with E-state index in [1.165, 1.54) is 0 Å². The molecule has 0 aliphatic carbocycles. The molecule has 1 aromatic rings. The van der Waals surface area contributed by atoms with Crippen LogP contribution in [0.3, 0.4) is 0 Å². The molecule has 0 fully saturated rings. The van der Waals surface area contributed by atoms with Gasteiger partial charge in [0.05, 0.1) is 17.8 Å². The SMILES string of the molecule is O=C(O)C1CCn2nncc2C1. The first-order chi connectivity index (χ1) is 5.77. The Morgan fingerprint density at radius 1 is 1.75 bits per heavy atom. The van der Waals surface area contributed by atoms with Crippen molar-refractivity contribution in [3.8, 4) is 0 Å². The fourth-order valence-electron chi connectivity index (χ4n) is 1.47. The normalized spacial score (nSPS) is 21.8. The van der Waals surface area contributed by atoms with Crippen molar-refractivity contribution >= 4 is 5.97 Å². The quantitative estimate of drug-likeness (QED) is 0.635. The topological polar surface area (TPSA) is 68.0 Å². The van der Waals surface area contributed by atoms with Gasteiger partial charge in [-0.15, -0.1) is 5.10 Å². The zero-order chi connectivity index (χ0) is 8.55. The standard InChI is InChI=1S/C7H9N3O2/c11-7(12)5-1-2-10-6(3-5)4-8-9-10/h4-5H,1-3H2,(H,11,12). The largest absolute Gasteiger partial charge is 0.481 e. The van der Waals surface area contributed by atoms with Crippen LogP contribution < -0.4 is 0 Å². The van der Waals surface area contributed by atoms with Gasteiger partial charge in [-0.05, 0) is 6.42 Å². The lowest BCUT2D eigenvalue weighted by Crippen LogP contribution is -2.25. The highest BCUT2D eigenvalue weighted by Crippen LogP contribution is 2.18. The molecule has 0 radical (unpaired) electrons. The lowest BCUT2D eigenvalue weighted by atomic mass is 9.97. The highest BCUT2D eigenvalue weighted by atomic mass is 16.4. The molecule has 1 N–H and O–H groups in total. The van der Waals surface area contributed by atoms with E-state index in [4.69, 9.17) is 5.11 Å². The van der Waals surface area contributed by atoms with E-state index in [-0.39, 0.29) is 5.92 Å². The maximum atomic E-state index is 10.6. The molecular weight excluding hydrogens is 158 g/mol. The van der Waals surface area contributed by atoms with Gasteiger partial charge in [0.1, 0.15) is 0 Å². The summed E-state index contributed by atoms with van der Waals surface area (Å²) in [6.45, 7) is 0.673. The van der Waals surface area contributed by atoms with Crippen molar-refractivity contribution in [3.63, 3.8) is 0 Å². The molecule has 2 heterocycles. The number of nitrogens with zero attached hydrogens (tertiary/aromatic N) is 3. The second kappa shape index (κ2) is 2.58. The number of aromatic nitrogens is 3. The summed E-state index contributed by atoms with van der Waals surface area (Å²) in [6.07, 6.45) is 2.85. The molecule has 0 bridgehead atoms. The molecule has 1 aromatic heterocycles. The molecule has 0 aromatic carbocycles. The Kier molecular flexibility index (Phi) is 1.56. The molecule has 0 spiro atoms. The molecule has 12 heavy (non-hydrogen) atoms. The number of carbonyl (C=O) groups is 1. The van der Waals surface area contributed by atoms with E-state index in [2.05, 4.69) is 10.3 Å². The Hall–Kier alpha value is -1.39. The van der Waals surface area contributed by atoms with Gasteiger partial charge < -0.3 is 5.11 Å². The lowest BCUT2D eigenvalue weighted by Gasteiger charge is -2.18. The van der Waals surface area contributed by atoms with Crippen molar-refractivity contribution in [3.05, 3.63) is 11.9 Å². The first kappa shape index (κ1) is 7.27. The van der Waals surface area contributed by atoms with Crippen molar-refractivity contribution in [1.29, 1.82) is 0 Å². The lowest BCUT2D eigenvalue weighted by molar-refractivity contribution is -0.142. The molecule has 5 nitrogen and oxygen atoms in total. The first-order valence-corrected chi connectivity index (χ1v) is 3.87. The average Bonchev–Trinajstić information content (AvgIpc) is 2.49. The number of fused-ring (bicyclic) bond motifs is 1. The van der Waals surface area contributed by atoms with E-state index in [1.54, 1.807) is 10.9 Å². The molecule has 0 amide bonds. The van der Waals surface area contributed by atoms with Crippen molar-refractivity contribution in [1.82, 2.24) is 15.0 Å². The van der Waals surface area contributed by atoms with E-state index in [1.807, 2.05) is 0 Å². The molecule has 5 heteroatoms. The zero-order valence-corrected chi connectivity index (χ0v) is 6.47. The minimum Gasteiger partial charge on any atom is -0.481 e. The van der Waals surface area contributed by atoms with Crippen LogP contribution in [0.2, 0.25) is 0 Å². The minimum absolute atomic E-state index is 0.254. The predicted octanol–water partition coefficient (Wildman–Crippen LogP) is -0.0749. The Balaban J connectivity index is 2.20. The second-order valence-corrected chi connectivity index (χ2v) is 2.98. The summed E-state index contributed by atoms with van der Waals surface area (Å²) in [5, 5.41) is 16.3. The number of aliphatic carboxylic acids is 1. The van der Waals surface area contributed by atoms with E-state index in [9.17, 15) is 4.79 Å². The van der Waals surface area contributed by atoms with Gasteiger partial charge in [0.15, 0.2) is 0 Å².